The van der Waals surface area contributed by atoms with E-state index in [1.807, 2.05) is 0 Å². The molecule has 0 saturated heterocycles. The molecule has 0 fully saturated rings. The topological polar surface area (TPSA) is 74.9 Å². The molecule has 0 bridgehead atoms. The molecule has 2 rings (SSSR count). The van der Waals surface area contributed by atoms with Gasteiger partial charge >= 0.3 is 0 Å². The van der Waals surface area contributed by atoms with Crippen LogP contribution in [-0.4, -0.2) is 44.0 Å². The number of nitrogens with zero attached hydrogens (tertiary/aromatic N) is 3. The number of hydrogen-bond donors (Lipinski definition) is 1. The highest BCUT2D eigenvalue weighted by atomic mass is 32.1. The predicted octanol–water partition coefficient (Wildman–Crippen LogP) is 0.989. The third-order valence-electron chi connectivity index (χ3n) is 2.82. The fraction of sp³-hybridized carbons (Fsp3) is 0.462. The third kappa shape index (κ3) is 2.88. The molecule has 2 heterocycles. The molecule has 0 spiro atoms. The first-order valence-corrected chi connectivity index (χ1v) is 7.18. The summed E-state index contributed by atoms with van der Waals surface area (Å²) in [5, 5.41) is 11.6. The molecule has 0 saturated carbocycles. The molecule has 0 unspecified atom stereocenters. The van der Waals surface area contributed by atoms with Gasteiger partial charge in [-0.1, -0.05) is 0 Å². The Kier molecular flexibility index (Phi) is 3.92. The zero-order valence-corrected chi connectivity index (χ0v) is 12.5. The minimum absolute atomic E-state index is 0.0204. The van der Waals surface area contributed by atoms with Crippen LogP contribution in [0.15, 0.2) is 22.6 Å². The molecule has 7 heteroatoms. The average molecular weight is 295 g/mol. The van der Waals surface area contributed by atoms with E-state index in [0.29, 0.717) is 11.5 Å². The second-order valence-corrected chi connectivity index (χ2v) is 6.04. The zero-order valence-electron chi connectivity index (χ0n) is 11.7. The number of aliphatic hydroxyl groups is 1. The first-order valence-electron chi connectivity index (χ1n) is 6.30. The van der Waals surface area contributed by atoms with Crippen LogP contribution in [0.1, 0.15) is 31.1 Å². The summed E-state index contributed by atoms with van der Waals surface area (Å²) in [6.07, 6.45) is 2.90. The van der Waals surface area contributed by atoms with Crippen molar-refractivity contribution in [2.45, 2.75) is 26.4 Å². The normalized spacial score (nSPS) is 11.8. The van der Waals surface area contributed by atoms with Crippen molar-refractivity contribution in [1.29, 1.82) is 0 Å². The summed E-state index contributed by atoms with van der Waals surface area (Å²) in [5.41, 5.74) is -1.37. The standard InChI is InChI=1S/C13H17N3O3S/c1-4-15(8-13(2,3)19)10(17)9-7-14-12-16(11(9)18)5-6-20-12/h5-7,19H,4,8H2,1-3H3. The molecule has 2 aromatic heterocycles. The first-order chi connectivity index (χ1) is 9.33. The molecular formula is C13H17N3O3S. The summed E-state index contributed by atoms with van der Waals surface area (Å²) in [4.78, 5) is 30.7. The van der Waals surface area contributed by atoms with Crippen molar-refractivity contribution >= 4 is 22.2 Å². The van der Waals surface area contributed by atoms with Crippen molar-refractivity contribution in [1.82, 2.24) is 14.3 Å². The maximum absolute atomic E-state index is 12.4. The fourth-order valence-electron chi connectivity index (χ4n) is 1.94. The lowest BCUT2D eigenvalue weighted by atomic mass is 10.1. The van der Waals surface area contributed by atoms with Gasteiger partial charge in [0.2, 0.25) is 0 Å². The maximum Gasteiger partial charge on any atom is 0.271 e. The Morgan fingerprint density at radius 1 is 1.55 bits per heavy atom. The van der Waals surface area contributed by atoms with E-state index >= 15 is 0 Å². The number of thiazole rings is 1. The lowest BCUT2D eigenvalue weighted by Gasteiger charge is -2.27. The number of amides is 1. The lowest BCUT2D eigenvalue weighted by Crippen LogP contribution is -2.43. The van der Waals surface area contributed by atoms with Gasteiger partial charge in [-0.05, 0) is 20.8 Å². The molecule has 0 atom stereocenters. The van der Waals surface area contributed by atoms with Crippen molar-refractivity contribution in [3.8, 4) is 0 Å². The van der Waals surface area contributed by atoms with Gasteiger partial charge < -0.3 is 10.0 Å². The number of aromatic nitrogens is 2. The van der Waals surface area contributed by atoms with Gasteiger partial charge in [0.1, 0.15) is 5.56 Å². The highest BCUT2D eigenvalue weighted by molar-refractivity contribution is 7.15. The Hall–Kier alpha value is -1.73. The summed E-state index contributed by atoms with van der Waals surface area (Å²) < 4.78 is 1.36. The van der Waals surface area contributed by atoms with Crippen LogP contribution < -0.4 is 5.56 Å². The summed E-state index contributed by atoms with van der Waals surface area (Å²) in [5.74, 6) is -0.410. The number of likely N-dealkylation sites (N-methyl/N-ethyl adjacent to an activating group) is 1. The van der Waals surface area contributed by atoms with Gasteiger partial charge in [0.05, 0.1) is 5.60 Å². The van der Waals surface area contributed by atoms with Gasteiger partial charge in [-0.3, -0.25) is 14.0 Å². The summed E-state index contributed by atoms with van der Waals surface area (Å²) >= 11 is 1.33. The molecule has 0 aliphatic rings. The minimum atomic E-state index is -1.01. The Labute approximate surface area is 120 Å². The van der Waals surface area contributed by atoms with Crippen LogP contribution in [-0.2, 0) is 0 Å². The lowest BCUT2D eigenvalue weighted by molar-refractivity contribution is 0.0313. The molecular weight excluding hydrogens is 278 g/mol. The van der Waals surface area contributed by atoms with Gasteiger partial charge in [0.25, 0.3) is 11.5 Å². The molecule has 0 radical (unpaired) electrons. The van der Waals surface area contributed by atoms with Gasteiger partial charge in [-0.15, -0.1) is 11.3 Å². The Morgan fingerprint density at radius 2 is 2.25 bits per heavy atom. The smallest absolute Gasteiger partial charge is 0.271 e. The molecule has 1 N–H and O–H groups in total. The molecule has 108 valence electrons. The van der Waals surface area contributed by atoms with E-state index in [9.17, 15) is 14.7 Å². The van der Waals surface area contributed by atoms with Crippen LogP contribution in [0.4, 0.5) is 0 Å². The van der Waals surface area contributed by atoms with Crippen LogP contribution in [0.5, 0.6) is 0 Å². The maximum atomic E-state index is 12.4. The van der Waals surface area contributed by atoms with Gasteiger partial charge in [0.15, 0.2) is 4.96 Å². The van der Waals surface area contributed by atoms with E-state index < -0.39 is 11.5 Å². The monoisotopic (exact) mass is 295 g/mol. The Balaban J connectivity index is 2.39. The van der Waals surface area contributed by atoms with E-state index in [-0.39, 0.29) is 17.7 Å². The van der Waals surface area contributed by atoms with Crippen LogP contribution in [0, 0.1) is 0 Å². The summed E-state index contributed by atoms with van der Waals surface area (Å²) in [6.45, 7) is 5.62. The summed E-state index contributed by atoms with van der Waals surface area (Å²) in [7, 11) is 0. The van der Waals surface area contributed by atoms with E-state index in [2.05, 4.69) is 4.98 Å². The predicted molar refractivity (Wildman–Crippen MR) is 77.2 cm³/mol. The second-order valence-electron chi connectivity index (χ2n) is 5.16. The number of carbonyl (C=O) groups is 1. The van der Waals surface area contributed by atoms with Crippen molar-refractivity contribution < 1.29 is 9.90 Å². The zero-order chi connectivity index (χ0) is 14.9. The number of rotatable bonds is 4. The quantitative estimate of drug-likeness (QED) is 0.912. The average Bonchev–Trinajstić information content (AvgIpc) is 2.84. The van der Waals surface area contributed by atoms with Crippen molar-refractivity contribution in [3.05, 3.63) is 33.7 Å². The van der Waals surface area contributed by atoms with Crippen molar-refractivity contribution in [2.75, 3.05) is 13.1 Å². The fourth-order valence-corrected chi connectivity index (χ4v) is 2.61. The Morgan fingerprint density at radius 3 is 2.85 bits per heavy atom. The largest absolute Gasteiger partial charge is 0.389 e. The van der Waals surface area contributed by atoms with E-state index in [1.54, 1.807) is 32.3 Å². The molecule has 0 aliphatic carbocycles. The van der Waals surface area contributed by atoms with Crippen LogP contribution in [0.2, 0.25) is 0 Å². The molecule has 2 aromatic rings. The van der Waals surface area contributed by atoms with E-state index in [0.717, 1.165) is 0 Å². The van der Waals surface area contributed by atoms with Crippen molar-refractivity contribution in [2.24, 2.45) is 0 Å². The molecule has 6 nitrogen and oxygen atoms in total. The van der Waals surface area contributed by atoms with E-state index in [4.69, 9.17) is 0 Å². The third-order valence-corrected chi connectivity index (χ3v) is 3.59. The first kappa shape index (κ1) is 14.7. The van der Waals surface area contributed by atoms with Gasteiger partial charge in [-0.2, -0.15) is 0 Å². The number of carbonyl (C=O) groups excluding carboxylic acids is 1. The highest BCUT2D eigenvalue weighted by Gasteiger charge is 2.24. The number of hydrogen-bond acceptors (Lipinski definition) is 5. The summed E-state index contributed by atoms with van der Waals surface area (Å²) in [6, 6.07) is 0. The van der Waals surface area contributed by atoms with Gasteiger partial charge in [0, 0.05) is 30.9 Å². The van der Waals surface area contributed by atoms with Crippen LogP contribution >= 0.6 is 11.3 Å². The van der Waals surface area contributed by atoms with E-state index in [1.165, 1.54) is 26.8 Å². The molecule has 1 amide bonds. The van der Waals surface area contributed by atoms with Crippen LogP contribution in [0.25, 0.3) is 4.96 Å². The van der Waals surface area contributed by atoms with Crippen LogP contribution in [0.3, 0.4) is 0 Å². The minimum Gasteiger partial charge on any atom is -0.389 e. The SMILES string of the molecule is CCN(CC(C)(C)O)C(=O)c1cnc2sccn2c1=O. The Bertz CT molecular complexity index is 684. The molecule has 0 aliphatic heterocycles. The van der Waals surface area contributed by atoms with Crippen molar-refractivity contribution in [3.63, 3.8) is 0 Å². The van der Waals surface area contributed by atoms with Gasteiger partial charge in [-0.25, -0.2) is 4.98 Å². The molecule has 0 aromatic carbocycles. The molecule has 20 heavy (non-hydrogen) atoms. The second kappa shape index (κ2) is 5.34. The number of fused-ring (bicyclic) bond motifs is 1. The highest BCUT2D eigenvalue weighted by Crippen LogP contribution is 2.10.